The summed E-state index contributed by atoms with van der Waals surface area (Å²) in [5.41, 5.74) is 3.12. The van der Waals surface area contributed by atoms with Gasteiger partial charge < -0.3 is 4.98 Å². The van der Waals surface area contributed by atoms with Crippen LogP contribution in [0.15, 0.2) is 18.7 Å². The molecule has 52 valence electrons. The Labute approximate surface area is 59.6 Å². The first-order valence-corrected chi connectivity index (χ1v) is 3.11. The molecule has 0 bridgehead atoms. The van der Waals surface area contributed by atoms with Gasteiger partial charge in [-0.3, -0.25) is 4.98 Å². The fourth-order valence-electron chi connectivity index (χ4n) is 1.00. The Hall–Kier alpha value is -1.38. The van der Waals surface area contributed by atoms with Crippen LogP contribution in [0.25, 0.3) is 11.0 Å². The third kappa shape index (κ3) is 0.603. The molecule has 0 aromatic carbocycles. The molecular weight excluding hydrogens is 126 g/mol. The van der Waals surface area contributed by atoms with E-state index in [0.29, 0.717) is 0 Å². The standard InChI is InChI=1S/C7H7N3.H2/c1-5-2-8-3-6-7(5)10-4-9-6;/h2-4H,1H3,(H,9,10);1H. The van der Waals surface area contributed by atoms with Crippen LogP contribution in [0.1, 0.15) is 6.99 Å². The SMILES string of the molecule is Cc1cncc2[nH]cnc12.[HH]. The van der Waals surface area contributed by atoms with E-state index in [1.807, 2.05) is 13.1 Å². The third-order valence-electron chi connectivity index (χ3n) is 1.51. The number of H-pyrrole nitrogens is 1. The molecule has 0 fully saturated rings. The molecule has 0 aliphatic rings. The molecule has 2 aromatic rings. The molecule has 0 atom stereocenters. The number of aryl methyl sites for hydroxylation is 1. The second-order valence-electron chi connectivity index (χ2n) is 2.26. The first-order valence-electron chi connectivity index (χ1n) is 3.11. The van der Waals surface area contributed by atoms with Crippen LogP contribution >= 0.6 is 0 Å². The minimum Gasteiger partial charge on any atom is -0.343 e. The lowest BCUT2D eigenvalue weighted by atomic mass is 10.3. The molecule has 2 rings (SSSR count). The van der Waals surface area contributed by atoms with Gasteiger partial charge in [-0.2, -0.15) is 0 Å². The molecule has 3 heteroatoms. The zero-order chi connectivity index (χ0) is 6.97. The number of rotatable bonds is 0. The highest BCUT2D eigenvalue weighted by Gasteiger charge is 1.96. The van der Waals surface area contributed by atoms with E-state index < -0.39 is 0 Å². The topological polar surface area (TPSA) is 41.6 Å². The van der Waals surface area contributed by atoms with Crippen molar-refractivity contribution >= 4 is 11.0 Å². The zero-order valence-corrected chi connectivity index (χ0v) is 5.63. The van der Waals surface area contributed by atoms with E-state index in [1.54, 1.807) is 12.5 Å². The molecule has 10 heavy (non-hydrogen) atoms. The number of imidazole rings is 1. The summed E-state index contributed by atoms with van der Waals surface area (Å²) in [4.78, 5) is 11.1. The fourth-order valence-corrected chi connectivity index (χ4v) is 1.00. The molecular formula is C7H9N3. The van der Waals surface area contributed by atoms with E-state index in [4.69, 9.17) is 0 Å². The number of fused-ring (bicyclic) bond motifs is 1. The van der Waals surface area contributed by atoms with Gasteiger partial charge in [-0.25, -0.2) is 4.98 Å². The molecule has 0 spiro atoms. The van der Waals surface area contributed by atoms with Crippen LogP contribution < -0.4 is 0 Å². The van der Waals surface area contributed by atoms with Gasteiger partial charge in [-0.05, 0) is 12.5 Å². The smallest absolute Gasteiger partial charge is 0.0942 e. The maximum atomic E-state index is 4.12. The van der Waals surface area contributed by atoms with Gasteiger partial charge in [0.25, 0.3) is 0 Å². The molecule has 2 aromatic heterocycles. The number of aromatic nitrogens is 3. The Morgan fingerprint density at radius 2 is 2.40 bits per heavy atom. The number of aromatic amines is 1. The van der Waals surface area contributed by atoms with Crippen molar-refractivity contribution in [3.05, 3.63) is 24.3 Å². The Balaban J connectivity index is 0.000000605. The third-order valence-corrected chi connectivity index (χ3v) is 1.51. The van der Waals surface area contributed by atoms with Crippen molar-refractivity contribution in [3.63, 3.8) is 0 Å². The monoisotopic (exact) mass is 135 g/mol. The molecule has 0 saturated heterocycles. The maximum absolute atomic E-state index is 4.12. The summed E-state index contributed by atoms with van der Waals surface area (Å²) in [6, 6.07) is 0. The van der Waals surface area contributed by atoms with E-state index in [9.17, 15) is 0 Å². The number of pyridine rings is 1. The summed E-state index contributed by atoms with van der Waals surface area (Å²) in [5.74, 6) is 0. The summed E-state index contributed by atoms with van der Waals surface area (Å²) in [7, 11) is 0. The van der Waals surface area contributed by atoms with E-state index in [-0.39, 0.29) is 1.43 Å². The molecule has 3 nitrogen and oxygen atoms in total. The van der Waals surface area contributed by atoms with E-state index in [2.05, 4.69) is 15.0 Å². The summed E-state index contributed by atoms with van der Waals surface area (Å²) in [6.07, 6.45) is 5.26. The normalized spacial score (nSPS) is 10.5. The lowest BCUT2D eigenvalue weighted by Crippen LogP contribution is -1.78. The first kappa shape index (κ1) is 5.41. The zero-order valence-electron chi connectivity index (χ0n) is 5.63. The van der Waals surface area contributed by atoms with Crippen LogP contribution in [0.3, 0.4) is 0 Å². The first-order chi connectivity index (χ1) is 4.88. The van der Waals surface area contributed by atoms with E-state index >= 15 is 0 Å². The van der Waals surface area contributed by atoms with Gasteiger partial charge in [-0.1, -0.05) is 0 Å². The van der Waals surface area contributed by atoms with Crippen LogP contribution in [0.4, 0.5) is 0 Å². The molecule has 2 heterocycles. The van der Waals surface area contributed by atoms with E-state index in [1.165, 1.54) is 0 Å². The highest BCUT2D eigenvalue weighted by Crippen LogP contribution is 2.09. The van der Waals surface area contributed by atoms with Crippen molar-refractivity contribution in [1.29, 1.82) is 0 Å². The predicted molar refractivity (Wildman–Crippen MR) is 40.7 cm³/mol. The van der Waals surface area contributed by atoms with Crippen LogP contribution in [0.5, 0.6) is 0 Å². The summed E-state index contributed by atoms with van der Waals surface area (Å²) < 4.78 is 0. The minimum absolute atomic E-state index is 0. The molecule has 0 aliphatic heterocycles. The Bertz CT molecular complexity index is 355. The molecule has 1 N–H and O–H groups in total. The van der Waals surface area contributed by atoms with Crippen molar-refractivity contribution in [3.8, 4) is 0 Å². The Morgan fingerprint density at radius 3 is 3.20 bits per heavy atom. The number of nitrogens with zero attached hydrogens (tertiary/aromatic N) is 2. The van der Waals surface area contributed by atoms with E-state index in [0.717, 1.165) is 16.6 Å². The van der Waals surface area contributed by atoms with Crippen LogP contribution in [0, 0.1) is 6.92 Å². The second kappa shape index (κ2) is 1.80. The number of hydrogen-bond donors (Lipinski definition) is 1. The van der Waals surface area contributed by atoms with Crippen molar-refractivity contribution in [2.75, 3.05) is 0 Å². The molecule has 0 radical (unpaired) electrons. The van der Waals surface area contributed by atoms with Gasteiger partial charge >= 0.3 is 0 Å². The molecule has 0 saturated carbocycles. The van der Waals surface area contributed by atoms with Crippen molar-refractivity contribution in [2.24, 2.45) is 0 Å². The summed E-state index contributed by atoms with van der Waals surface area (Å²) in [6.45, 7) is 2.00. The maximum Gasteiger partial charge on any atom is 0.0942 e. The number of hydrogen-bond acceptors (Lipinski definition) is 2. The van der Waals surface area contributed by atoms with Gasteiger partial charge in [-0.15, -0.1) is 0 Å². The van der Waals surface area contributed by atoms with Crippen molar-refractivity contribution in [1.82, 2.24) is 15.0 Å². The van der Waals surface area contributed by atoms with Gasteiger partial charge in [0.1, 0.15) is 0 Å². The lowest BCUT2D eigenvalue weighted by Gasteiger charge is -1.89. The second-order valence-corrected chi connectivity index (χ2v) is 2.26. The van der Waals surface area contributed by atoms with Gasteiger partial charge in [0.2, 0.25) is 0 Å². The average molecular weight is 135 g/mol. The van der Waals surface area contributed by atoms with Gasteiger partial charge in [0, 0.05) is 7.62 Å². The van der Waals surface area contributed by atoms with Crippen LogP contribution in [0.2, 0.25) is 0 Å². The number of nitrogens with one attached hydrogen (secondary N) is 1. The van der Waals surface area contributed by atoms with Crippen molar-refractivity contribution < 1.29 is 1.43 Å². The van der Waals surface area contributed by atoms with Crippen LogP contribution in [-0.2, 0) is 0 Å². The molecule has 0 unspecified atom stereocenters. The highest BCUT2D eigenvalue weighted by molar-refractivity contribution is 5.76. The quantitative estimate of drug-likeness (QED) is 0.595. The van der Waals surface area contributed by atoms with Crippen LogP contribution in [-0.4, -0.2) is 15.0 Å². The fraction of sp³-hybridized carbons (Fsp3) is 0.143. The Morgan fingerprint density at radius 1 is 1.50 bits per heavy atom. The van der Waals surface area contributed by atoms with Crippen molar-refractivity contribution in [2.45, 2.75) is 6.92 Å². The lowest BCUT2D eigenvalue weighted by molar-refractivity contribution is 1.29. The average Bonchev–Trinajstić information content (AvgIpc) is 2.36. The van der Waals surface area contributed by atoms with Gasteiger partial charge in [0.15, 0.2) is 0 Å². The Kier molecular flexibility index (Phi) is 0.974. The molecule has 0 aliphatic carbocycles. The minimum atomic E-state index is 0. The predicted octanol–water partition coefficient (Wildman–Crippen LogP) is 1.51. The molecule has 0 amide bonds. The highest BCUT2D eigenvalue weighted by atomic mass is 14.9. The van der Waals surface area contributed by atoms with Gasteiger partial charge in [0.05, 0.1) is 23.6 Å². The largest absolute Gasteiger partial charge is 0.343 e. The summed E-state index contributed by atoms with van der Waals surface area (Å²) >= 11 is 0. The summed E-state index contributed by atoms with van der Waals surface area (Å²) in [5, 5.41) is 0.